The number of esters is 3. The van der Waals surface area contributed by atoms with E-state index in [0.717, 1.165) is 69.6 Å². The van der Waals surface area contributed by atoms with Gasteiger partial charge in [-0.3, -0.25) is 14.4 Å². The van der Waals surface area contributed by atoms with Crippen molar-refractivity contribution in [1.82, 2.24) is 0 Å². The monoisotopic (exact) mass is 919 g/mol. The van der Waals surface area contributed by atoms with E-state index in [-0.39, 0.29) is 31.1 Å². The first-order valence-electron chi connectivity index (χ1n) is 29.2. The van der Waals surface area contributed by atoms with E-state index in [4.69, 9.17) is 14.2 Å². The van der Waals surface area contributed by atoms with Crippen LogP contribution in [-0.2, 0) is 28.6 Å². The molecule has 6 heteroatoms. The first-order valence-corrected chi connectivity index (χ1v) is 29.2. The second kappa shape index (κ2) is 51.8. The summed E-state index contributed by atoms with van der Waals surface area (Å²) in [6.45, 7) is 11.4. The van der Waals surface area contributed by atoms with E-state index in [2.05, 4.69) is 34.6 Å². The Morgan fingerprint density at radius 2 is 0.508 bits per heavy atom. The average Bonchev–Trinajstić information content (AvgIpc) is 3.28. The highest BCUT2D eigenvalue weighted by Crippen LogP contribution is 2.18. The van der Waals surface area contributed by atoms with Crippen molar-refractivity contribution in [1.29, 1.82) is 0 Å². The molecule has 0 aliphatic carbocycles. The Balaban J connectivity index is 4.25. The zero-order valence-electron chi connectivity index (χ0n) is 44.6. The minimum absolute atomic E-state index is 0.0631. The Morgan fingerprint density at radius 3 is 0.754 bits per heavy atom. The summed E-state index contributed by atoms with van der Waals surface area (Å²) in [5.74, 6) is 0.804. The number of carbonyl (C=O) groups is 3. The van der Waals surface area contributed by atoms with Gasteiger partial charge < -0.3 is 14.2 Å². The molecule has 0 aromatic heterocycles. The highest BCUT2D eigenvalue weighted by atomic mass is 16.6. The van der Waals surface area contributed by atoms with Gasteiger partial charge in [-0.15, -0.1) is 0 Å². The fourth-order valence-electron chi connectivity index (χ4n) is 9.05. The smallest absolute Gasteiger partial charge is 0.306 e. The molecule has 6 nitrogen and oxygen atoms in total. The van der Waals surface area contributed by atoms with Crippen LogP contribution >= 0.6 is 0 Å². The van der Waals surface area contributed by atoms with E-state index in [0.29, 0.717) is 19.3 Å². The average molecular weight is 920 g/mol. The Kier molecular flexibility index (Phi) is 50.5. The van der Waals surface area contributed by atoms with Crippen LogP contribution in [0.1, 0.15) is 330 Å². The van der Waals surface area contributed by atoms with Gasteiger partial charge in [-0.25, -0.2) is 0 Å². The van der Waals surface area contributed by atoms with Gasteiger partial charge in [0.05, 0.1) is 0 Å². The molecule has 0 aromatic rings. The Morgan fingerprint density at radius 1 is 0.292 bits per heavy atom. The van der Waals surface area contributed by atoms with Gasteiger partial charge in [-0.1, -0.05) is 291 Å². The number of rotatable bonds is 53. The van der Waals surface area contributed by atoms with Crippen LogP contribution in [0, 0.1) is 11.8 Å². The van der Waals surface area contributed by atoms with Gasteiger partial charge in [0.2, 0.25) is 0 Å². The first-order chi connectivity index (χ1) is 31.7. The summed E-state index contributed by atoms with van der Waals surface area (Å²) < 4.78 is 16.9. The Labute approximate surface area is 406 Å². The molecule has 0 rings (SSSR count). The van der Waals surface area contributed by atoms with Crippen molar-refractivity contribution in [2.75, 3.05) is 13.2 Å². The van der Waals surface area contributed by atoms with E-state index >= 15 is 0 Å². The highest BCUT2D eigenvalue weighted by molar-refractivity contribution is 5.71. The molecule has 0 aromatic carbocycles. The number of hydrogen-bond acceptors (Lipinski definition) is 6. The number of ether oxygens (including phenoxy) is 3. The third-order valence-electron chi connectivity index (χ3n) is 13.5. The molecule has 386 valence electrons. The lowest BCUT2D eigenvalue weighted by atomic mass is 10.0. The quantitative estimate of drug-likeness (QED) is 0.0344. The van der Waals surface area contributed by atoms with E-state index in [1.54, 1.807) is 0 Å². The van der Waals surface area contributed by atoms with Crippen LogP contribution in [0.25, 0.3) is 0 Å². The van der Waals surface area contributed by atoms with Crippen molar-refractivity contribution in [2.45, 2.75) is 336 Å². The van der Waals surface area contributed by atoms with Gasteiger partial charge in [-0.2, -0.15) is 0 Å². The van der Waals surface area contributed by atoms with Gasteiger partial charge in [0.15, 0.2) is 6.10 Å². The number of unbranched alkanes of at least 4 members (excludes halogenated alkanes) is 38. The molecule has 0 unspecified atom stereocenters. The predicted octanol–water partition coefficient (Wildman–Crippen LogP) is 19.3. The molecule has 1 atom stereocenters. The summed E-state index contributed by atoms with van der Waals surface area (Å²) in [4.78, 5) is 38.1. The summed E-state index contributed by atoms with van der Waals surface area (Å²) in [6, 6.07) is 0. The van der Waals surface area contributed by atoms with Crippen LogP contribution in [0.3, 0.4) is 0 Å². The number of carbonyl (C=O) groups excluding carboxylic acids is 3. The van der Waals surface area contributed by atoms with Crippen LogP contribution in [0.2, 0.25) is 0 Å². The zero-order chi connectivity index (χ0) is 47.5. The Bertz CT molecular complexity index is 993. The van der Waals surface area contributed by atoms with Gasteiger partial charge in [0.25, 0.3) is 0 Å². The van der Waals surface area contributed by atoms with Gasteiger partial charge in [0.1, 0.15) is 13.2 Å². The third kappa shape index (κ3) is 53.2. The fraction of sp³-hybridized carbons (Fsp3) is 0.949. The first kappa shape index (κ1) is 63.4. The minimum Gasteiger partial charge on any atom is -0.462 e. The lowest BCUT2D eigenvalue weighted by molar-refractivity contribution is -0.167. The lowest BCUT2D eigenvalue weighted by Crippen LogP contribution is -2.30. The van der Waals surface area contributed by atoms with Crippen LogP contribution in [0.4, 0.5) is 0 Å². The molecule has 0 aliphatic rings. The standard InChI is InChI=1S/C59H114O6/c1-6-7-8-9-10-11-12-13-14-15-16-19-23-26-29-36-41-46-51-59(62)65-56(53-64-58(61)50-45-40-35-31-30-33-38-43-48-55(4)5)52-63-57(60)49-44-39-34-28-25-22-20-17-18-21-24-27-32-37-42-47-54(2)3/h54-56H,6-53H2,1-5H3/t56-/m1/s1. The largest absolute Gasteiger partial charge is 0.462 e. The summed E-state index contributed by atoms with van der Waals surface area (Å²) >= 11 is 0. The van der Waals surface area contributed by atoms with Gasteiger partial charge in [-0.05, 0) is 31.1 Å². The zero-order valence-corrected chi connectivity index (χ0v) is 44.6. The SMILES string of the molecule is CCCCCCCCCCCCCCCCCCCCC(=O)O[C@H](COC(=O)CCCCCCCCCCCCCCCCCC(C)C)COC(=O)CCCCCCCCCCC(C)C. The van der Waals surface area contributed by atoms with Crippen LogP contribution < -0.4 is 0 Å². The van der Waals surface area contributed by atoms with Crippen molar-refractivity contribution < 1.29 is 28.6 Å². The van der Waals surface area contributed by atoms with Gasteiger partial charge >= 0.3 is 17.9 Å². The summed E-state index contributed by atoms with van der Waals surface area (Å²) in [6.07, 6.45) is 55.3. The predicted molar refractivity (Wildman–Crippen MR) is 280 cm³/mol. The number of hydrogen-bond donors (Lipinski definition) is 0. The van der Waals surface area contributed by atoms with Crippen LogP contribution in [-0.4, -0.2) is 37.2 Å². The molecule has 0 heterocycles. The van der Waals surface area contributed by atoms with Gasteiger partial charge in [0, 0.05) is 19.3 Å². The maximum Gasteiger partial charge on any atom is 0.306 e. The molecule has 0 fully saturated rings. The topological polar surface area (TPSA) is 78.9 Å². The second-order valence-electron chi connectivity index (χ2n) is 21.2. The van der Waals surface area contributed by atoms with Crippen molar-refractivity contribution in [3.05, 3.63) is 0 Å². The summed E-state index contributed by atoms with van der Waals surface area (Å²) in [7, 11) is 0. The molecule has 0 saturated carbocycles. The van der Waals surface area contributed by atoms with Crippen molar-refractivity contribution in [3.8, 4) is 0 Å². The van der Waals surface area contributed by atoms with Crippen molar-refractivity contribution in [2.24, 2.45) is 11.8 Å². The fourth-order valence-corrected chi connectivity index (χ4v) is 9.05. The molecule has 0 amide bonds. The van der Waals surface area contributed by atoms with E-state index in [1.807, 2.05) is 0 Å². The summed E-state index contributed by atoms with van der Waals surface area (Å²) in [5, 5.41) is 0. The van der Waals surface area contributed by atoms with E-state index in [1.165, 1.54) is 218 Å². The second-order valence-corrected chi connectivity index (χ2v) is 21.2. The molecular weight excluding hydrogens is 805 g/mol. The molecule has 0 spiro atoms. The van der Waals surface area contributed by atoms with Crippen molar-refractivity contribution >= 4 is 17.9 Å². The Hall–Kier alpha value is -1.59. The van der Waals surface area contributed by atoms with Crippen LogP contribution in [0.15, 0.2) is 0 Å². The third-order valence-corrected chi connectivity index (χ3v) is 13.5. The highest BCUT2D eigenvalue weighted by Gasteiger charge is 2.19. The maximum absolute atomic E-state index is 12.9. The molecular formula is C59H114O6. The minimum atomic E-state index is -0.763. The molecule has 0 bridgehead atoms. The van der Waals surface area contributed by atoms with E-state index in [9.17, 15) is 14.4 Å². The van der Waals surface area contributed by atoms with Crippen molar-refractivity contribution in [3.63, 3.8) is 0 Å². The summed E-state index contributed by atoms with van der Waals surface area (Å²) in [5.41, 5.74) is 0. The molecule has 0 N–H and O–H groups in total. The van der Waals surface area contributed by atoms with Crippen LogP contribution in [0.5, 0.6) is 0 Å². The normalized spacial score (nSPS) is 12.0. The molecule has 0 saturated heterocycles. The van der Waals surface area contributed by atoms with E-state index < -0.39 is 6.10 Å². The molecule has 0 radical (unpaired) electrons. The molecule has 0 aliphatic heterocycles. The lowest BCUT2D eigenvalue weighted by Gasteiger charge is -2.18. The maximum atomic E-state index is 12.9. The molecule has 65 heavy (non-hydrogen) atoms.